The summed E-state index contributed by atoms with van der Waals surface area (Å²) in [6, 6.07) is 15.5. The van der Waals surface area contributed by atoms with Gasteiger partial charge in [0.25, 0.3) is 5.56 Å². The number of aryl methyl sites for hydroxylation is 1. The molecule has 8 heteroatoms. The van der Waals surface area contributed by atoms with E-state index in [0.29, 0.717) is 37.5 Å². The fourth-order valence-electron chi connectivity index (χ4n) is 4.59. The Bertz CT molecular complexity index is 1420. The number of aromatic amines is 1. The van der Waals surface area contributed by atoms with Crippen LogP contribution in [0.25, 0.3) is 11.3 Å². The number of piperazine rings is 1. The molecule has 2 aliphatic heterocycles. The normalized spacial score (nSPS) is 14.6. The zero-order valence-electron chi connectivity index (χ0n) is 19.6. The molecule has 0 bridgehead atoms. The molecule has 6 nitrogen and oxygen atoms in total. The van der Waals surface area contributed by atoms with Crippen LogP contribution in [0.3, 0.4) is 0 Å². The predicted octanol–water partition coefficient (Wildman–Crippen LogP) is 4.93. The highest BCUT2D eigenvalue weighted by molar-refractivity contribution is 6.05. The van der Waals surface area contributed by atoms with Crippen LogP contribution in [-0.4, -0.2) is 41.9 Å². The van der Waals surface area contributed by atoms with Crippen molar-refractivity contribution in [3.63, 3.8) is 0 Å². The first kappa shape index (κ1) is 22.7. The summed E-state index contributed by atoms with van der Waals surface area (Å²) in [5, 5.41) is 0. The number of pyridine rings is 1. The molecule has 5 rings (SSSR count). The van der Waals surface area contributed by atoms with Crippen LogP contribution in [0, 0.1) is 18.6 Å². The molecule has 0 radical (unpaired) electrons. The maximum atomic E-state index is 14.1. The van der Waals surface area contributed by atoms with E-state index < -0.39 is 11.6 Å². The Morgan fingerprint density at radius 2 is 1.66 bits per heavy atom. The monoisotopic (exact) mass is 473 g/mol. The van der Waals surface area contributed by atoms with Gasteiger partial charge in [0.2, 0.25) is 0 Å². The lowest BCUT2D eigenvalue weighted by molar-refractivity contribution is 0.549. The number of aliphatic imine (C=N–C) groups is 1. The Morgan fingerprint density at radius 3 is 2.40 bits per heavy atom. The molecule has 0 atom stereocenters. The fraction of sp³-hybridized carbons (Fsp3) is 0.222. The second-order valence-corrected chi connectivity index (χ2v) is 8.66. The van der Waals surface area contributed by atoms with E-state index in [9.17, 15) is 13.6 Å². The first-order chi connectivity index (χ1) is 16.9. The third kappa shape index (κ3) is 4.39. The average Bonchev–Trinajstić information content (AvgIpc) is 2.99. The molecule has 1 N–H and O–H groups in total. The Morgan fingerprint density at radius 1 is 0.971 bits per heavy atom. The molecule has 0 amide bonds. The van der Waals surface area contributed by atoms with Crippen molar-refractivity contribution in [1.82, 2.24) is 9.97 Å². The molecular formula is C27H25F2N5O. The van der Waals surface area contributed by atoms with Crippen molar-refractivity contribution in [2.45, 2.75) is 13.8 Å². The number of benzene rings is 1. The maximum absolute atomic E-state index is 14.1. The third-order valence-corrected chi connectivity index (χ3v) is 6.41. The quantitative estimate of drug-likeness (QED) is 0.427. The molecule has 1 aromatic heterocycles. The molecular weight excluding hydrogens is 448 g/mol. The van der Waals surface area contributed by atoms with Crippen molar-refractivity contribution in [2.75, 3.05) is 36.0 Å². The zero-order chi connectivity index (χ0) is 24.5. The molecule has 1 saturated heterocycles. The summed E-state index contributed by atoms with van der Waals surface area (Å²) >= 11 is 0. The van der Waals surface area contributed by atoms with Gasteiger partial charge in [-0.2, -0.15) is 0 Å². The van der Waals surface area contributed by atoms with Crippen LogP contribution in [0.2, 0.25) is 0 Å². The lowest BCUT2D eigenvalue weighted by Gasteiger charge is -2.37. The van der Waals surface area contributed by atoms with Gasteiger partial charge in [0, 0.05) is 43.1 Å². The van der Waals surface area contributed by atoms with Gasteiger partial charge in [0.15, 0.2) is 11.6 Å². The van der Waals surface area contributed by atoms with E-state index in [-0.39, 0.29) is 11.2 Å². The second kappa shape index (κ2) is 9.29. The van der Waals surface area contributed by atoms with Gasteiger partial charge in [-0.25, -0.2) is 8.78 Å². The second-order valence-electron chi connectivity index (χ2n) is 8.66. The zero-order valence-corrected chi connectivity index (χ0v) is 19.6. The number of anilines is 2. The van der Waals surface area contributed by atoms with Gasteiger partial charge in [-0.3, -0.25) is 14.8 Å². The minimum Gasteiger partial charge on any atom is -0.368 e. The van der Waals surface area contributed by atoms with Gasteiger partial charge in [-0.1, -0.05) is 30.3 Å². The standard InChI is InChI=1S/C27H25F2N5O/c1-17-8-9-19(33-10-12-34(13-11-33)26-21(28)15-30-16-22(26)29)14-24(17)31-18(2)25-20-6-4-3-5-7-23(20)32-27(25)35/h3-9,14-16H,10-13H2,1-2H3,(H,32,35). The van der Waals surface area contributed by atoms with E-state index in [1.165, 1.54) is 0 Å². The van der Waals surface area contributed by atoms with E-state index in [2.05, 4.69) is 14.9 Å². The van der Waals surface area contributed by atoms with Crippen molar-refractivity contribution in [3.8, 4) is 11.3 Å². The van der Waals surface area contributed by atoms with Crippen molar-refractivity contribution in [2.24, 2.45) is 4.99 Å². The van der Waals surface area contributed by atoms with E-state index in [4.69, 9.17) is 4.99 Å². The summed E-state index contributed by atoms with van der Waals surface area (Å²) in [6.45, 7) is 6.01. The molecule has 1 fully saturated rings. The minimum atomic E-state index is -0.649. The largest absolute Gasteiger partial charge is 0.368 e. The molecule has 178 valence electrons. The van der Waals surface area contributed by atoms with Crippen LogP contribution in [0.5, 0.6) is 0 Å². The highest BCUT2D eigenvalue weighted by Crippen LogP contribution is 2.30. The molecule has 3 heterocycles. The fourth-order valence-corrected chi connectivity index (χ4v) is 4.59. The number of halogens is 2. The average molecular weight is 474 g/mol. The van der Waals surface area contributed by atoms with Crippen LogP contribution in [0.15, 0.2) is 70.7 Å². The summed E-state index contributed by atoms with van der Waals surface area (Å²) in [4.78, 5) is 27.9. The van der Waals surface area contributed by atoms with E-state index in [0.717, 1.165) is 40.6 Å². The predicted molar refractivity (Wildman–Crippen MR) is 135 cm³/mol. The number of fused-ring (bicyclic) bond motifs is 1. The molecule has 3 aliphatic rings. The van der Waals surface area contributed by atoms with Crippen LogP contribution in [-0.2, 0) is 0 Å². The van der Waals surface area contributed by atoms with Crippen LogP contribution < -0.4 is 15.4 Å². The van der Waals surface area contributed by atoms with Gasteiger partial charge in [0.05, 0.1) is 29.4 Å². The van der Waals surface area contributed by atoms with Crippen molar-refractivity contribution < 1.29 is 8.78 Å². The summed E-state index contributed by atoms with van der Waals surface area (Å²) in [7, 11) is 0. The summed E-state index contributed by atoms with van der Waals surface area (Å²) in [6.07, 6.45) is 2.08. The first-order valence-electron chi connectivity index (χ1n) is 11.5. The minimum absolute atomic E-state index is 0.0231. The molecule has 1 aromatic carbocycles. The number of nitrogens with zero attached hydrogens (tertiary/aromatic N) is 4. The lowest BCUT2D eigenvalue weighted by Crippen LogP contribution is -2.47. The number of hydrogen-bond donors (Lipinski definition) is 1. The maximum Gasteiger partial charge on any atom is 0.258 e. The third-order valence-electron chi connectivity index (χ3n) is 6.41. The molecule has 1 aliphatic carbocycles. The Kier molecular flexibility index (Phi) is 6.03. The summed E-state index contributed by atoms with van der Waals surface area (Å²) in [5.74, 6) is -1.30. The van der Waals surface area contributed by atoms with E-state index in [1.807, 2.05) is 62.4 Å². The van der Waals surface area contributed by atoms with Crippen molar-refractivity contribution >= 4 is 22.8 Å². The van der Waals surface area contributed by atoms with Crippen molar-refractivity contribution in [3.05, 3.63) is 94.0 Å². The highest BCUT2D eigenvalue weighted by atomic mass is 19.1. The molecule has 0 spiro atoms. The first-order valence-corrected chi connectivity index (χ1v) is 11.5. The van der Waals surface area contributed by atoms with Crippen LogP contribution in [0.1, 0.15) is 18.1 Å². The number of hydrogen-bond acceptors (Lipinski definition) is 5. The van der Waals surface area contributed by atoms with Gasteiger partial charge in [-0.15, -0.1) is 0 Å². The van der Waals surface area contributed by atoms with Gasteiger partial charge < -0.3 is 14.8 Å². The number of nitrogens with one attached hydrogen (secondary N) is 1. The van der Waals surface area contributed by atoms with Crippen LogP contribution in [0.4, 0.5) is 25.8 Å². The molecule has 2 aromatic rings. The Balaban J connectivity index is 1.39. The van der Waals surface area contributed by atoms with Crippen LogP contribution >= 0.6 is 0 Å². The van der Waals surface area contributed by atoms with Gasteiger partial charge >= 0.3 is 0 Å². The summed E-state index contributed by atoms with van der Waals surface area (Å²) in [5.41, 5.74) is 5.38. The Hall–Kier alpha value is -4.07. The number of rotatable bonds is 4. The summed E-state index contributed by atoms with van der Waals surface area (Å²) < 4.78 is 28.3. The number of H-pyrrole nitrogens is 1. The molecule has 0 saturated carbocycles. The van der Waals surface area contributed by atoms with E-state index >= 15 is 0 Å². The molecule has 0 unspecified atom stereocenters. The lowest BCUT2D eigenvalue weighted by atomic mass is 10.1. The number of aromatic nitrogens is 2. The smallest absolute Gasteiger partial charge is 0.258 e. The topological polar surface area (TPSA) is 64.6 Å². The molecule has 35 heavy (non-hydrogen) atoms. The van der Waals surface area contributed by atoms with Crippen molar-refractivity contribution in [1.29, 1.82) is 0 Å². The highest BCUT2D eigenvalue weighted by Gasteiger charge is 2.23. The van der Waals surface area contributed by atoms with Gasteiger partial charge in [-0.05, 0) is 37.6 Å². The Labute approximate surface area is 201 Å². The van der Waals surface area contributed by atoms with Gasteiger partial charge in [0.1, 0.15) is 5.69 Å². The SMILES string of the molecule is CC(=Nc1cc(N2CCN(c3c(F)cncc3F)CC2)ccc1C)c1c2cccccc-2[nH]c1=O. The van der Waals surface area contributed by atoms with E-state index in [1.54, 1.807) is 4.90 Å².